The number of hydrogen-bond donors (Lipinski definition) is 1. The van der Waals surface area contributed by atoms with Gasteiger partial charge in [-0.05, 0) is 30.7 Å². The molecule has 0 spiro atoms. The summed E-state index contributed by atoms with van der Waals surface area (Å²) >= 11 is 3.40. The van der Waals surface area contributed by atoms with E-state index < -0.39 is 5.95 Å². The molecule has 0 radical (unpaired) electrons. The Bertz CT molecular complexity index is 514. The highest BCUT2D eigenvalue weighted by atomic mass is 79.9. The lowest BCUT2D eigenvalue weighted by Gasteiger charge is -2.09. The van der Waals surface area contributed by atoms with Crippen LogP contribution >= 0.6 is 15.9 Å². The Hall–Kier alpha value is -1.42. The van der Waals surface area contributed by atoms with Crippen LogP contribution in [-0.2, 0) is 0 Å². The van der Waals surface area contributed by atoms with Crippen molar-refractivity contribution in [2.24, 2.45) is 0 Å². The predicted molar refractivity (Wildman–Crippen MR) is 66.4 cm³/mol. The SMILES string of the molecule is Cc1ccc(Br)cc1Nc1ccnc(F)c1. The summed E-state index contributed by atoms with van der Waals surface area (Å²) in [7, 11) is 0. The molecule has 82 valence electrons. The first kappa shape index (κ1) is 11.1. The van der Waals surface area contributed by atoms with Gasteiger partial charge in [-0.1, -0.05) is 22.0 Å². The van der Waals surface area contributed by atoms with Gasteiger partial charge in [-0.25, -0.2) is 4.98 Å². The van der Waals surface area contributed by atoms with Crippen LogP contribution in [0, 0.1) is 12.9 Å². The molecule has 4 heteroatoms. The number of rotatable bonds is 2. The van der Waals surface area contributed by atoms with Gasteiger partial charge in [-0.3, -0.25) is 0 Å². The van der Waals surface area contributed by atoms with Gasteiger partial charge in [0.25, 0.3) is 0 Å². The summed E-state index contributed by atoms with van der Waals surface area (Å²) in [4.78, 5) is 3.51. The van der Waals surface area contributed by atoms with Crippen molar-refractivity contribution in [2.75, 3.05) is 5.32 Å². The molecule has 0 fully saturated rings. The predicted octanol–water partition coefficient (Wildman–Crippen LogP) is 4.04. The maximum absolute atomic E-state index is 12.9. The first-order chi connectivity index (χ1) is 7.65. The van der Waals surface area contributed by atoms with E-state index in [1.165, 1.54) is 12.3 Å². The first-order valence-electron chi connectivity index (χ1n) is 4.80. The fraction of sp³-hybridized carbons (Fsp3) is 0.0833. The smallest absolute Gasteiger partial charge is 0.214 e. The summed E-state index contributed by atoms with van der Waals surface area (Å²) in [5.74, 6) is -0.488. The van der Waals surface area contributed by atoms with Crippen molar-refractivity contribution in [1.29, 1.82) is 0 Å². The Morgan fingerprint density at radius 3 is 2.81 bits per heavy atom. The lowest BCUT2D eigenvalue weighted by atomic mass is 10.2. The summed E-state index contributed by atoms with van der Waals surface area (Å²) in [6.07, 6.45) is 1.44. The maximum atomic E-state index is 12.9. The van der Waals surface area contributed by atoms with Crippen molar-refractivity contribution in [1.82, 2.24) is 4.98 Å². The number of hydrogen-bond acceptors (Lipinski definition) is 2. The van der Waals surface area contributed by atoms with E-state index in [0.29, 0.717) is 5.69 Å². The standard InChI is InChI=1S/C12H10BrFN2/c1-8-2-3-9(13)6-11(8)16-10-4-5-15-12(14)7-10/h2-7H,1H3,(H,15,16). The van der Waals surface area contributed by atoms with Crippen molar-refractivity contribution in [3.63, 3.8) is 0 Å². The van der Waals surface area contributed by atoms with Gasteiger partial charge in [0.2, 0.25) is 5.95 Å². The van der Waals surface area contributed by atoms with Crippen LogP contribution in [0.2, 0.25) is 0 Å². The van der Waals surface area contributed by atoms with Gasteiger partial charge in [-0.2, -0.15) is 4.39 Å². The van der Waals surface area contributed by atoms with Gasteiger partial charge in [0, 0.05) is 28.1 Å². The number of nitrogens with one attached hydrogen (secondary N) is 1. The third kappa shape index (κ3) is 2.58. The molecule has 0 unspecified atom stereocenters. The van der Waals surface area contributed by atoms with Crippen LogP contribution in [0.15, 0.2) is 41.0 Å². The van der Waals surface area contributed by atoms with Gasteiger partial charge < -0.3 is 5.32 Å². The van der Waals surface area contributed by atoms with Crippen LogP contribution in [-0.4, -0.2) is 4.98 Å². The summed E-state index contributed by atoms with van der Waals surface area (Å²) in [6, 6.07) is 9.00. The van der Waals surface area contributed by atoms with Crippen LogP contribution < -0.4 is 5.32 Å². The highest BCUT2D eigenvalue weighted by molar-refractivity contribution is 9.10. The largest absolute Gasteiger partial charge is 0.355 e. The normalized spacial score (nSPS) is 10.2. The fourth-order valence-corrected chi connectivity index (χ4v) is 1.73. The second-order valence-corrected chi connectivity index (χ2v) is 4.37. The molecule has 0 atom stereocenters. The molecule has 0 bridgehead atoms. The van der Waals surface area contributed by atoms with Crippen LogP contribution in [0.5, 0.6) is 0 Å². The monoisotopic (exact) mass is 280 g/mol. The molecule has 1 N–H and O–H groups in total. The minimum Gasteiger partial charge on any atom is -0.355 e. The number of benzene rings is 1. The average Bonchev–Trinajstić information content (AvgIpc) is 2.24. The van der Waals surface area contributed by atoms with E-state index in [-0.39, 0.29) is 0 Å². The molecule has 1 heterocycles. The summed E-state index contributed by atoms with van der Waals surface area (Å²) in [5, 5.41) is 3.14. The van der Waals surface area contributed by atoms with Crippen LogP contribution in [0.25, 0.3) is 0 Å². The van der Waals surface area contributed by atoms with Crippen molar-refractivity contribution in [3.8, 4) is 0 Å². The van der Waals surface area contributed by atoms with E-state index in [9.17, 15) is 4.39 Å². The fourth-order valence-electron chi connectivity index (χ4n) is 1.36. The third-order valence-electron chi connectivity index (χ3n) is 2.21. The number of pyridine rings is 1. The molecule has 0 aliphatic carbocycles. The van der Waals surface area contributed by atoms with E-state index in [4.69, 9.17) is 0 Å². The zero-order valence-corrected chi connectivity index (χ0v) is 10.3. The molecule has 2 nitrogen and oxygen atoms in total. The molecule has 16 heavy (non-hydrogen) atoms. The second kappa shape index (κ2) is 4.61. The molecular formula is C12H10BrFN2. The van der Waals surface area contributed by atoms with E-state index >= 15 is 0 Å². The van der Waals surface area contributed by atoms with Crippen LogP contribution in [0.1, 0.15) is 5.56 Å². The first-order valence-corrected chi connectivity index (χ1v) is 5.59. The molecule has 0 saturated heterocycles. The van der Waals surface area contributed by atoms with Gasteiger partial charge in [-0.15, -0.1) is 0 Å². The Kier molecular flexibility index (Phi) is 3.19. The van der Waals surface area contributed by atoms with Gasteiger partial charge in [0.1, 0.15) is 0 Å². The number of nitrogens with zero attached hydrogens (tertiary/aromatic N) is 1. The number of halogens is 2. The minimum atomic E-state index is -0.488. The zero-order chi connectivity index (χ0) is 11.5. The van der Waals surface area contributed by atoms with Crippen LogP contribution in [0.4, 0.5) is 15.8 Å². The molecule has 2 rings (SSSR count). The summed E-state index contributed by atoms with van der Waals surface area (Å²) in [6.45, 7) is 1.99. The van der Waals surface area contributed by atoms with Crippen molar-refractivity contribution < 1.29 is 4.39 Å². The summed E-state index contributed by atoms with van der Waals surface area (Å²) < 4.78 is 13.9. The highest BCUT2D eigenvalue weighted by Gasteiger charge is 2.01. The molecule has 0 aliphatic rings. The van der Waals surface area contributed by atoms with E-state index in [1.807, 2.05) is 25.1 Å². The Morgan fingerprint density at radius 1 is 1.25 bits per heavy atom. The maximum Gasteiger partial charge on any atom is 0.214 e. The second-order valence-electron chi connectivity index (χ2n) is 3.45. The lowest BCUT2D eigenvalue weighted by Crippen LogP contribution is -1.94. The van der Waals surface area contributed by atoms with E-state index in [0.717, 1.165) is 15.7 Å². The molecule has 0 amide bonds. The molecule has 2 aromatic rings. The Labute approximate surface area is 102 Å². The molecule has 1 aromatic carbocycles. The van der Waals surface area contributed by atoms with Crippen molar-refractivity contribution in [2.45, 2.75) is 6.92 Å². The molecule has 0 aliphatic heterocycles. The Morgan fingerprint density at radius 2 is 2.06 bits per heavy atom. The Balaban J connectivity index is 2.30. The summed E-state index contributed by atoms with van der Waals surface area (Å²) in [5.41, 5.74) is 2.73. The molecule has 1 aromatic heterocycles. The highest BCUT2D eigenvalue weighted by Crippen LogP contribution is 2.24. The molecular weight excluding hydrogens is 271 g/mol. The van der Waals surface area contributed by atoms with Gasteiger partial charge in [0.05, 0.1) is 0 Å². The van der Waals surface area contributed by atoms with Crippen molar-refractivity contribution >= 4 is 27.3 Å². The quantitative estimate of drug-likeness (QED) is 0.840. The number of aromatic nitrogens is 1. The van der Waals surface area contributed by atoms with Crippen molar-refractivity contribution in [3.05, 3.63) is 52.5 Å². The van der Waals surface area contributed by atoms with E-state index in [2.05, 4.69) is 26.2 Å². The van der Waals surface area contributed by atoms with E-state index in [1.54, 1.807) is 6.07 Å². The number of anilines is 2. The third-order valence-corrected chi connectivity index (χ3v) is 2.70. The number of aryl methyl sites for hydroxylation is 1. The van der Waals surface area contributed by atoms with Gasteiger partial charge in [0.15, 0.2) is 0 Å². The van der Waals surface area contributed by atoms with Gasteiger partial charge >= 0.3 is 0 Å². The average molecular weight is 281 g/mol. The topological polar surface area (TPSA) is 24.9 Å². The zero-order valence-electron chi connectivity index (χ0n) is 8.67. The lowest BCUT2D eigenvalue weighted by molar-refractivity contribution is 0.584. The van der Waals surface area contributed by atoms with Crippen LogP contribution in [0.3, 0.4) is 0 Å². The molecule has 0 saturated carbocycles. The minimum absolute atomic E-state index is 0.488.